The first kappa shape index (κ1) is 21.3. The number of hydrogen-bond acceptors (Lipinski definition) is 3. The van der Waals surface area contributed by atoms with Crippen LogP contribution in [0.25, 0.3) is 6.08 Å². The molecule has 2 saturated carbocycles. The molecule has 2 atom stereocenters. The third-order valence-electron chi connectivity index (χ3n) is 6.80. The summed E-state index contributed by atoms with van der Waals surface area (Å²) in [6.45, 7) is 2.79. The zero-order valence-corrected chi connectivity index (χ0v) is 19.4. The monoisotopic (exact) mass is 446 g/mol. The number of thioether (sulfide) groups is 1. The molecule has 5 rings (SSSR count). The van der Waals surface area contributed by atoms with Gasteiger partial charge < -0.3 is 10.2 Å². The largest absolute Gasteiger partial charge is 0.349 e. The van der Waals surface area contributed by atoms with Crippen molar-refractivity contribution in [2.45, 2.75) is 69.3 Å². The molecular formula is C27H30N2O2S. The molecule has 2 aromatic carbocycles. The predicted octanol–water partition coefficient (Wildman–Crippen LogP) is 5.31. The SMILES string of the molecule is Cc1ccccc1CN1C(=O)/C(=C\c2ccc(C(=O)NC3CC3)cc2)SC2CCCCC21. The van der Waals surface area contributed by atoms with Gasteiger partial charge in [0, 0.05) is 29.4 Å². The van der Waals surface area contributed by atoms with Gasteiger partial charge >= 0.3 is 0 Å². The van der Waals surface area contributed by atoms with Crippen LogP contribution in [0.3, 0.4) is 0 Å². The van der Waals surface area contributed by atoms with Gasteiger partial charge in [0.05, 0.1) is 4.91 Å². The predicted molar refractivity (Wildman–Crippen MR) is 130 cm³/mol. The van der Waals surface area contributed by atoms with Crippen LogP contribution in [0.15, 0.2) is 53.4 Å². The second kappa shape index (κ2) is 9.14. The van der Waals surface area contributed by atoms with Gasteiger partial charge in [-0.3, -0.25) is 9.59 Å². The fraction of sp³-hybridized carbons (Fsp3) is 0.407. The van der Waals surface area contributed by atoms with E-state index in [-0.39, 0.29) is 11.8 Å². The molecular weight excluding hydrogens is 416 g/mol. The van der Waals surface area contributed by atoms with Crippen LogP contribution in [0.4, 0.5) is 0 Å². The molecule has 166 valence electrons. The summed E-state index contributed by atoms with van der Waals surface area (Å²) < 4.78 is 0. The van der Waals surface area contributed by atoms with Gasteiger partial charge in [0.1, 0.15) is 0 Å². The molecule has 3 aliphatic rings. The molecule has 32 heavy (non-hydrogen) atoms. The number of carbonyl (C=O) groups excluding carboxylic acids is 2. The number of fused-ring (bicyclic) bond motifs is 1. The normalized spacial score (nSPS) is 24.3. The molecule has 0 spiro atoms. The summed E-state index contributed by atoms with van der Waals surface area (Å²) in [6, 6.07) is 16.6. The molecule has 1 N–H and O–H groups in total. The first-order valence-corrected chi connectivity index (χ1v) is 12.6. The number of nitrogens with one attached hydrogen (secondary N) is 1. The van der Waals surface area contributed by atoms with E-state index >= 15 is 0 Å². The van der Waals surface area contributed by atoms with Gasteiger partial charge in [-0.25, -0.2) is 0 Å². The van der Waals surface area contributed by atoms with Crippen LogP contribution in [-0.2, 0) is 11.3 Å². The van der Waals surface area contributed by atoms with Crippen LogP contribution < -0.4 is 5.32 Å². The van der Waals surface area contributed by atoms with Gasteiger partial charge in [0.15, 0.2) is 0 Å². The number of rotatable bonds is 5. The fourth-order valence-electron chi connectivity index (χ4n) is 4.71. The highest BCUT2D eigenvalue weighted by molar-refractivity contribution is 8.04. The van der Waals surface area contributed by atoms with E-state index in [1.54, 1.807) is 11.8 Å². The van der Waals surface area contributed by atoms with E-state index in [1.807, 2.05) is 30.3 Å². The number of aryl methyl sites for hydroxylation is 1. The van der Waals surface area contributed by atoms with Crippen molar-refractivity contribution in [1.82, 2.24) is 10.2 Å². The zero-order valence-electron chi connectivity index (χ0n) is 18.5. The molecule has 0 radical (unpaired) electrons. The van der Waals surface area contributed by atoms with Gasteiger partial charge in [0.25, 0.3) is 11.8 Å². The Bertz CT molecular complexity index is 1040. The van der Waals surface area contributed by atoms with E-state index in [9.17, 15) is 9.59 Å². The van der Waals surface area contributed by atoms with Crippen LogP contribution in [0.2, 0.25) is 0 Å². The maximum atomic E-state index is 13.6. The van der Waals surface area contributed by atoms with Crippen LogP contribution in [0.1, 0.15) is 65.6 Å². The number of hydrogen-bond donors (Lipinski definition) is 1. The van der Waals surface area contributed by atoms with E-state index in [0.29, 0.717) is 29.4 Å². The van der Waals surface area contributed by atoms with Crippen molar-refractivity contribution in [3.8, 4) is 0 Å². The number of amides is 2. The van der Waals surface area contributed by atoms with Crippen LogP contribution in [-0.4, -0.2) is 34.0 Å². The molecule has 2 amide bonds. The Morgan fingerprint density at radius 1 is 1.06 bits per heavy atom. The van der Waals surface area contributed by atoms with Crippen molar-refractivity contribution in [2.24, 2.45) is 0 Å². The highest BCUT2D eigenvalue weighted by atomic mass is 32.2. The Kier molecular flexibility index (Phi) is 6.09. The minimum atomic E-state index is -0.00993. The maximum absolute atomic E-state index is 13.6. The average Bonchev–Trinajstić information content (AvgIpc) is 3.62. The molecule has 2 unspecified atom stereocenters. The highest BCUT2D eigenvalue weighted by Crippen LogP contribution is 2.42. The zero-order chi connectivity index (χ0) is 22.1. The lowest BCUT2D eigenvalue weighted by Crippen LogP contribution is -2.50. The molecule has 5 heteroatoms. The first-order chi connectivity index (χ1) is 15.6. The van der Waals surface area contributed by atoms with Crippen molar-refractivity contribution >= 4 is 29.7 Å². The van der Waals surface area contributed by atoms with Gasteiger partial charge in [-0.2, -0.15) is 0 Å². The lowest BCUT2D eigenvalue weighted by atomic mass is 9.92. The van der Waals surface area contributed by atoms with Crippen molar-refractivity contribution in [3.63, 3.8) is 0 Å². The third-order valence-corrected chi connectivity index (χ3v) is 8.20. The van der Waals surface area contributed by atoms with Gasteiger partial charge in [-0.15, -0.1) is 11.8 Å². The topological polar surface area (TPSA) is 49.4 Å². The smallest absolute Gasteiger partial charge is 0.260 e. The molecule has 4 nitrogen and oxygen atoms in total. The Hall–Kier alpha value is -2.53. The van der Waals surface area contributed by atoms with Crippen molar-refractivity contribution in [3.05, 3.63) is 75.7 Å². The lowest BCUT2D eigenvalue weighted by molar-refractivity contribution is -0.130. The summed E-state index contributed by atoms with van der Waals surface area (Å²) in [5, 5.41) is 3.48. The molecule has 3 fully saturated rings. The highest BCUT2D eigenvalue weighted by Gasteiger charge is 2.40. The quantitative estimate of drug-likeness (QED) is 0.633. The van der Waals surface area contributed by atoms with Crippen LogP contribution in [0.5, 0.6) is 0 Å². The fourth-order valence-corrected chi connectivity index (χ4v) is 6.18. The second-order valence-electron chi connectivity index (χ2n) is 9.25. The third kappa shape index (κ3) is 4.63. The Morgan fingerprint density at radius 2 is 1.81 bits per heavy atom. The molecule has 1 heterocycles. The Morgan fingerprint density at radius 3 is 2.56 bits per heavy atom. The minimum Gasteiger partial charge on any atom is -0.349 e. The van der Waals surface area contributed by atoms with E-state index in [1.165, 1.54) is 24.0 Å². The van der Waals surface area contributed by atoms with Crippen molar-refractivity contribution < 1.29 is 9.59 Å². The van der Waals surface area contributed by atoms with Crippen molar-refractivity contribution in [2.75, 3.05) is 0 Å². The van der Waals surface area contributed by atoms with Gasteiger partial charge in [-0.1, -0.05) is 49.2 Å². The summed E-state index contributed by atoms with van der Waals surface area (Å²) in [5.74, 6) is 0.126. The van der Waals surface area contributed by atoms with Gasteiger partial charge in [-0.05, 0) is 67.5 Å². The molecule has 0 bridgehead atoms. The summed E-state index contributed by atoms with van der Waals surface area (Å²) in [6.07, 6.45) is 8.84. The molecule has 1 aliphatic heterocycles. The second-order valence-corrected chi connectivity index (χ2v) is 10.5. The maximum Gasteiger partial charge on any atom is 0.260 e. The molecule has 2 aliphatic carbocycles. The van der Waals surface area contributed by atoms with E-state index in [0.717, 1.165) is 36.2 Å². The summed E-state index contributed by atoms with van der Waals surface area (Å²) >= 11 is 1.75. The Labute approximate surface area is 194 Å². The lowest BCUT2D eigenvalue weighted by Gasteiger charge is -2.44. The number of carbonyl (C=O) groups is 2. The van der Waals surface area contributed by atoms with E-state index in [4.69, 9.17) is 0 Å². The van der Waals surface area contributed by atoms with Crippen LogP contribution >= 0.6 is 11.8 Å². The number of nitrogens with zero attached hydrogens (tertiary/aromatic N) is 1. The summed E-state index contributed by atoms with van der Waals surface area (Å²) in [7, 11) is 0. The van der Waals surface area contributed by atoms with E-state index in [2.05, 4.69) is 41.4 Å². The number of benzene rings is 2. The first-order valence-electron chi connectivity index (χ1n) is 11.7. The van der Waals surface area contributed by atoms with Crippen LogP contribution in [0, 0.1) is 6.92 Å². The summed E-state index contributed by atoms with van der Waals surface area (Å²) in [5.41, 5.74) is 4.10. The minimum absolute atomic E-state index is 0.00993. The molecule has 0 aromatic heterocycles. The molecule has 2 aromatic rings. The van der Waals surface area contributed by atoms with Crippen molar-refractivity contribution in [1.29, 1.82) is 0 Å². The molecule has 1 saturated heterocycles. The van der Waals surface area contributed by atoms with Gasteiger partial charge in [0.2, 0.25) is 0 Å². The standard InChI is InChI=1S/C27H30N2O2S/c1-18-6-2-3-7-21(18)17-29-23-8-4-5-9-24(23)32-25(27(29)31)16-19-10-12-20(13-11-19)26(30)28-22-14-15-22/h2-3,6-7,10-13,16,22-24H,4-5,8-9,14-15,17H2,1H3,(H,28,30)/b25-16+. The average molecular weight is 447 g/mol. The van der Waals surface area contributed by atoms with E-state index < -0.39 is 0 Å². The Balaban J connectivity index is 1.38. The summed E-state index contributed by atoms with van der Waals surface area (Å²) in [4.78, 5) is 28.8.